The minimum Gasteiger partial charge on any atom is -0.486 e. The Balaban J connectivity index is 2.32. The van der Waals surface area contributed by atoms with Gasteiger partial charge >= 0.3 is 0 Å². The first-order chi connectivity index (χ1) is 9.90. The zero-order valence-corrected chi connectivity index (χ0v) is 12.7. The van der Waals surface area contributed by atoms with Crippen molar-refractivity contribution in [1.29, 1.82) is 0 Å². The summed E-state index contributed by atoms with van der Waals surface area (Å²) in [7, 11) is 0. The molecule has 2 aromatic carbocycles. The lowest BCUT2D eigenvalue weighted by atomic mass is 10.1. The number of hydrogen-bond donors (Lipinski definition) is 1. The maximum atomic E-state index is 13.6. The minimum absolute atomic E-state index is 0.0480. The average molecular weight is 356 g/mol. The van der Waals surface area contributed by atoms with Gasteiger partial charge in [0.15, 0.2) is 23.2 Å². The van der Waals surface area contributed by atoms with Crippen molar-refractivity contribution in [3.63, 3.8) is 0 Å². The summed E-state index contributed by atoms with van der Waals surface area (Å²) >= 11 is 3.24. The molecule has 6 heteroatoms. The van der Waals surface area contributed by atoms with Gasteiger partial charge in [-0.05, 0) is 25.1 Å². The number of anilines is 1. The van der Waals surface area contributed by atoms with Gasteiger partial charge in [0, 0.05) is 10.0 Å². The fourth-order valence-electron chi connectivity index (χ4n) is 1.85. The molecule has 3 nitrogen and oxygen atoms in total. The van der Waals surface area contributed by atoms with Gasteiger partial charge in [0.25, 0.3) is 0 Å². The Hall–Kier alpha value is -1.95. The van der Waals surface area contributed by atoms with Gasteiger partial charge in [-0.15, -0.1) is 0 Å². The molecular weight excluding hydrogens is 344 g/mol. The number of hydrogen-bond acceptors (Lipinski definition) is 3. The van der Waals surface area contributed by atoms with E-state index in [1.165, 1.54) is 19.1 Å². The first-order valence-electron chi connectivity index (χ1n) is 6.05. The smallest absolute Gasteiger partial charge is 0.165 e. The molecule has 0 aliphatic rings. The van der Waals surface area contributed by atoms with E-state index in [0.717, 1.165) is 6.07 Å². The molecular formula is C15H12BrF2NO2. The predicted molar refractivity (Wildman–Crippen MR) is 79.2 cm³/mol. The van der Waals surface area contributed by atoms with Gasteiger partial charge in [-0.1, -0.05) is 28.1 Å². The van der Waals surface area contributed by atoms with Crippen molar-refractivity contribution in [1.82, 2.24) is 0 Å². The van der Waals surface area contributed by atoms with Crippen molar-refractivity contribution in [2.75, 3.05) is 5.73 Å². The highest BCUT2D eigenvalue weighted by Crippen LogP contribution is 2.32. The average Bonchev–Trinajstić information content (AvgIpc) is 2.41. The quantitative estimate of drug-likeness (QED) is 0.663. The fourth-order valence-corrected chi connectivity index (χ4v) is 2.32. The largest absolute Gasteiger partial charge is 0.486 e. The van der Waals surface area contributed by atoms with Gasteiger partial charge in [0.05, 0.1) is 11.3 Å². The number of Topliss-reactive ketones (excluding diaryl/α,β-unsaturated/α-hetero) is 1. The van der Waals surface area contributed by atoms with E-state index in [2.05, 4.69) is 15.9 Å². The molecule has 0 aliphatic heterocycles. The van der Waals surface area contributed by atoms with Gasteiger partial charge in [-0.25, -0.2) is 8.78 Å². The van der Waals surface area contributed by atoms with E-state index in [-0.39, 0.29) is 35.0 Å². The van der Waals surface area contributed by atoms with Crippen molar-refractivity contribution in [3.8, 4) is 5.75 Å². The monoisotopic (exact) mass is 355 g/mol. The standard InChI is InChI=1S/C15H12BrF2NO2/c1-8(20)11-5-10(16)6-13(19)15(11)21-7-9-3-2-4-12(17)14(9)18/h2-6H,7,19H2,1H3. The number of ether oxygens (including phenoxy) is 1. The summed E-state index contributed by atoms with van der Waals surface area (Å²) in [6.07, 6.45) is 0. The Morgan fingerprint density at radius 1 is 1.33 bits per heavy atom. The number of benzene rings is 2. The highest BCUT2D eigenvalue weighted by atomic mass is 79.9. The molecule has 0 atom stereocenters. The second-order valence-electron chi connectivity index (χ2n) is 4.43. The number of ketones is 1. The van der Waals surface area contributed by atoms with E-state index in [4.69, 9.17) is 10.5 Å². The Morgan fingerprint density at radius 3 is 2.71 bits per heavy atom. The molecule has 0 spiro atoms. The van der Waals surface area contributed by atoms with Gasteiger partial charge in [-0.3, -0.25) is 4.79 Å². The number of nitrogens with two attached hydrogens (primary N) is 1. The summed E-state index contributed by atoms with van der Waals surface area (Å²) < 4.78 is 32.8. The predicted octanol–water partition coefficient (Wildman–Crippen LogP) is 4.09. The van der Waals surface area contributed by atoms with E-state index in [1.54, 1.807) is 12.1 Å². The summed E-state index contributed by atoms with van der Waals surface area (Å²) in [6.45, 7) is 1.15. The van der Waals surface area contributed by atoms with Crippen molar-refractivity contribution in [2.24, 2.45) is 0 Å². The minimum atomic E-state index is -0.974. The molecule has 110 valence electrons. The van der Waals surface area contributed by atoms with Crippen molar-refractivity contribution >= 4 is 27.4 Å². The molecule has 0 bridgehead atoms. The van der Waals surface area contributed by atoms with Gasteiger partial charge < -0.3 is 10.5 Å². The van der Waals surface area contributed by atoms with Crippen LogP contribution >= 0.6 is 15.9 Å². The SMILES string of the molecule is CC(=O)c1cc(Br)cc(N)c1OCc1cccc(F)c1F. The molecule has 0 fully saturated rings. The Morgan fingerprint density at radius 2 is 2.05 bits per heavy atom. The Kier molecular flexibility index (Phi) is 4.57. The summed E-state index contributed by atoms with van der Waals surface area (Å²) in [4.78, 5) is 11.6. The number of carbonyl (C=O) groups excluding carboxylic acids is 1. The number of halogens is 3. The molecule has 0 aromatic heterocycles. The Labute approximate surface area is 128 Å². The molecule has 0 unspecified atom stereocenters. The number of nitrogen functional groups attached to an aromatic ring is 1. The van der Waals surface area contributed by atoms with Crippen LogP contribution in [-0.2, 0) is 6.61 Å². The molecule has 0 saturated heterocycles. The highest BCUT2D eigenvalue weighted by molar-refractivity contribution is 9.10. The normalized spacial score (nSPS) is 10.5. The molecule has 0 heterocycles. The molecule has 0 aliphatic carbocycles. The van der Waals surface area contributed by atoms with E-state index in [0.29, 0.717) is 4.47 Å². The lowest BCUT2D eigenvalue weighted by Crippen LogP contribution is -2.06. The summed E-state index contributed by atoms with van der Waals surface area (Å²) in [5.74, 6) is -2.00. The molecule has 0 saturated carbocycles. The molecule has 2 N–H and O–H groups in total. The van der Waals surface area contributed by atoms with Gasteiger partial charge in [0.2, 0.25) is 0 Å². The zero-order chi connectivity index (χ0) is 15.6. The van der Waals surface area contributed by atoms with Crippen LogP contribution < -0.4 is 10.5 Å². The van der Waals surface area contributed by atoms with E-state index in [1.807, 2.05) is 0 Å². The summed E-state index contributed by atoms with van der Waals surface area (Å²) in [6, 6.07) is 6.95. The topological polar surface area (TPSA) is 52.3 Å². The number of carbonyl (C=O) groups is 1. The second-order valence-corrected chi connectivity index (χ2v) is 5.35. The second kappa shape index (κ2) is 6.22. The maximum absolute atomic E-state index is 13.6. The molecule has 0 radical (unpaired) electrons. The van der Waals surface area contributed by atoms with Crippen LogP contribution in [0.15, 0.2) is 34.8 Å². The molecule has 21 heavy (non-hydrogen) atoms. The lowest BCUT2D eigenvalue weighted by Gasteiger charge is -2.13. The maximum Gasteiger partial charge on any atom is 0.165 e. The molecule has 2 aromatic rings. The van der Waals surface area contributed by atoms with Crippen LogP contribution in [0.5, 0.6) is 5.75 Å². The van der Waals surface area contributed by atoms with Gasteiger partial charge in [-0.2, -0.15) is 0 Å². The van der Waals surface area contributed by atoms with Crippen molar-refractivity contribution in [2.45, 2.75) is 13.5 Å². The third-order valence-corrected chi connectivity index (χ3v) is 3.32. The van der Waals surface area contributed by atoms with Crippen LogP contribution in [-0.4, -0.2) is 5.78 Å². The van der Waals surface area contributed by atoms with Crippen LogP contribution in [0.2, 0.25) is 0 Å². The van der Waals surface area contributed by atoms with Crippen molar-refractivity contribution in [3.05, 3.63) is 57.6 Å². The molecule has 2 rings (SSSR count). The van der Waals surface area contributed by atoms with Crippen LogP contribution in [0.1, 0.15) is 22.8 Å². The van der Waals surface area contributed by atoms with Crippen LogP contribution in [0.3, 0.4) is 0 Å². The van der Waals surface area contributed by atoms with Crippen LogP contribution in [0.25, 0.3) is 0 Å². The Bertz CT molecular complexity index is 704. The van der Waals surface area contributed by atoms with E-state index in [9.17, 15) is 13.6 Å². The fraction of sp³-hybridized carbons (Fsp3) is 0.133. The summed E-state index contributed by atoms with van der Waals surface area (Å²) in [5.41, 5.74) is 6.38. The lowest BCUT2D eigenvalue weighted by molar-refractivity contribution is 0.101. The first-order valence-corrected chi connectivity index (χ1v) is 6.85. The molecule has 0 amide bonds. The van der Waals surface area contributed by atoms with Crippen molar-refractivity contribution < 1.29 is 18.3 Å². The van der Waals surface area contributed by atoms with E-state index < -0.39 is 11.6 Å². The van der Waals surface area contributed by atoms with E-state index >= 15 is 0 Å². The third-order valence-electron chi connectivity index (χ3n) is 2.87. The number of rotatable bonds is 4. The summed E-state index contributed by atoms with van der Waals surface area (Å²) in [5, 5.41) is 0. The third kappa shape index (κ3) is 3.39. The first kappa shape index (κ1) is 15.4. The zero-order valence-electron chi connectivity index (χ0n) is 11.1. The van der Waals surface area contributed by atoms with Gasteiger partial charge in [0.1, 0.15) is 6.61 Å². The highest BCUT2D eigenvalue weighted by Gasteiger charge is 2.15. The van der Waals surface area contributed by atoms with Crippen LogP contribution in [0.4, 0.5) is 14.5 Å². The van der Waals surface area contributed by atoms with Crippen LogP contribution in [0, 0.1) is 11.6 Å².